The first-order chi connectivity index (χ1) is 14.7. The predicted octanol–water partition coefficient (Wildman–Crippen LogP) is 0.887. The molecule has 0 radical (unpaired) electrons. The number of nitrogens with one attached hydrogen (secondary N) is 2. The van der Waals surface area contributed by atoms with Crippen LogP contribution in [0.2, 0.25) is 0 Å². The molecule has 0 aromatic heterocycles. The van der Waals surface area contributed by atoms with E-state index in [1.165, 1.54) is 0 Å². The number of amides is 2. The van der Waals surface area contributed by atoms with Crippen LogP contribution in [-0.2, 0) is 17.8 Å². The Labute approximate surface area is 180 Å². The van der Waals surface area contributed by atoms with Crippen LogP contribution in [0.25, 0.3) is 0 Å². The maximum atomic E-state index is 14.2. The summed E-state index contributed by atoms with van der Waals surface area (Å²) in [6.07, 6.45) is 0.758. The first-order valence-electron chi connectivity index (χ1n) is 10.1. The summed E-state index contributed by atoms with van der Waals surface area (Å²) in [4.78, 5) is 24.4. The van der Waals surface area contributed by atoms with Crippen LogP contribution < -0.4 is 21.4 Å². The van der Waals surface area contributed by atoms with Gasteiger partial charge in [-0.25, -0.2) is 0 Å². The summed E-state index contributed by atoms with van der Waals surface area (Å²) in [5, 5.41) is 34.2. The molecule has 2 amide bonds. The minimum atomic E-state index is -0.964. The molecular formula is C22H27N5O4. The Morgan fingerprint density at radius 3 is 2.42 bits per heavy atom. The Bertz CT molecular complexity index is 1000. The summed E-state index contributed by atoms with van der Waals surface area (Å²) >= 11 is 0. The SMILES string of the molecule is CC[C@H](CO)NC(=O)C1Cc2ccc(C(=N)N)cc2[N+]1([O-])Cc1ccc(C(N)=O)cc1. The van der Waals surface area contributed by atoms with Crippen molar-refractivity contribution in [3.05, 3.63) is 69.9 Å². The van der Waals surface area contributed by atoms with Crippen molar-refractivity contribution in [2.75, 3.05) is 6.61 Å². The van der Waals surface area contributed by atoms with Crippen LogP contribution in [0.1, 0.15) is 40.4 Å². The van der Waals surface area contributed by atoms with E-state index >= 15 is 0 Å². The topological polar surface area (TPSA) is 165 Å². The van der Waals surface area contributed by atoms with Gasteiger partial charge in [-0.15, -0.1) is 0 Å². The lowest BCUT2D eigenvalue weighted by atomic mass is 10.1. The van der Waals surface area contributed by atoms with E-state index in [0.717, 1.165) is 0 Å². The molecule has 9 nitrogen and oxygen atoms in total. The number of rotatable bonds is 8. The van der Waals surface area contributed by atoms with Crippen molar-refractivity contribution < 1.29 is 14.7 Å². The van der Waals surface area contributed by atoms with Gasteiger partial charge in [0.1, 0.15) is 18.1 Å². The van der Waals surface area contributed by atoms with Gasteiger partial charge >= 0.3 is 0 Å². The summed E-state index contributed by atoms with van der Waals surface area (Å²) in [6.45, 7) is 1.56. The van der Waals surface area contributed by atoms with Gasteiger partial charge in [0, 0.05) is 34.7 Å². The first kappa shape index (κ1) is 22.4. The third-order valence-electron chi connectivity index (χ3n) is 5.74. The highest BCUT2D eigenvalue weighted by atomic mass is 16.6. The molecule has 164 valence electrons. The first-order valence-corrected chi connectivity index (χ1v) is 10.1. The number of nitrogens with zero attached hydrogens (tertiary/aromatic N) is 1. The number of primary amides is 1. The van der Waals surface area contributed by atoms with Crippen molar-refractivity contribution in [2.24, 2.45) is 11.5 Å². The molecule has 1 aliphatic rings. The van der Waals surface area contributed by atoms with Crippen LogP contribution in [0.3, 0.4) is 0 Å². The average Bonchev–Trinajstić information content (AvgIpc) is 3.04. The Hall–Kier alpha value is -3.27. The smallest absolute Gasteiger partial charge is 0.279 e. The number of quaternary nitrogens is 1. The van der Waals surface area contributed by atoms with Crippen LogP contribution in [0.15, 0.2) is 42.5 Å². The fourth-order valence-electron chi connectivity index (χ4n) is 3.88. The van der Waals surface area contributed by atoms with Crippen LogP contribution in [0.4, 0.5) is 5.69 Å². The lowest BCUT2D eigenvalue weighted by molar-refractivity contribution is -0.126. The van der Waals surface area contributed by atoms with E-state index < -0.39 is 28.5 Å². The van der Waals surface area contributed by atoms with E-state index in [9.17, 15) is 19.9 Å². The van der Waals surface area contributed by atoms with Gasteiger partial charge in [0.05, 0.1) is 12.6 Å². The summed E-state index contributed by atoms with van der Waals surface area (Å²) in [5.41, 5.74) is 13.4. The minimum Gasteiger partial charge on any atom is -0.627 e. The van der Waals surface area contributed by atoms with Crippen LogP contribution in [0, 0.1) is 10.6 Å². The van der Waals surface area contributed by atoms with Gasteiger partial charge in [-0.2, -0.15) is 0 Å². The zero-order chi connectivity index (χ0) is 22.8. The summed E-state index contributed by atoms with van der Waals surface area (Å²) in [7, 11) is 0. The van der Waals surface area contributed by atoms with Crippen LogP contribution in [-0.4, -0.2) is 41.4 Å². The highest BCUT2D eigenvalue weighted by Crippen LogP contribution is 2.41. The number of aliphatic hydroxyl groups excluding tert-OH is 1. The number of amidine groups is 1. The maximum absolute atomic E-state index is 14.2. The lowest BCUT2D eigenvalue weighted by Crippen LogP contribution is -2.57. The van der Waals surface area contributed by atoms with Crippen molar-refractivity contribution in [1.29, 1.82) is 5.41 Å². The Morgan fingerprint density at radius 1 is 1.23 bits per heavy atom. The second-order valence-corrected chi connectivity index (χ2v) is 7.79. The molecule has 0 saturated heterocycles. The summed E-state index contributed by atoms with van der Waals surface area (Å²) in [6, 6.07) is 9.92. The fourth-order valence-corrected chi connectivity index (χ4v) is 3.88. The molecule has 3 atom stereocenters. The molecule has 0 spiro atoms. The van der Waals surface area contributed by atoms with Gasteiger partial charge in [-0.05, 0) is 18.6 Å². The van der Waals surface area contributed by atoms with E-state index in [2.05, 4.69) is 5.32 Å². The zero-order valence-electron chi connectivity index (χ0n) is 17.3. The van der Waals surface area contributed by atoms with Gasteiger partial charge in [-0.1, -0.05) is 31.2 Å². The Morgan fingerprint density at radius 2 is 1.87 bits per heavy atom. The molecule has 2 aromatic carbocycles. The summed E-state index contributed by atoms with van der Waals surface area (Å²) < 4.78 is -0.958. The number of carbonyl (C=O) groups is 2. The van der Waals surface area contributed by atoms with Crippen LogP contribution in [0.5, 0.6) is 0 Å². The van der Waals surface area contributed by atoms with E-state index in [-0.39, 0.29) is 25.4 Å². The molecule has 3 rings (SSSR count). The molecule has 1 heterocycles. The number of hydrogen-bond donors (Lipinski definition) is 5. The van der Waals surface area contributed by atoms with Crippen molar-refractivity contribution in [3.8, 4) is 0 Å². The number of aliphatic hydroxyl groups is 1. The number of hydroxylamine groups is 2. The molecular weight excluding hydrogens is 398 g/mol. The standard InChI is InChI=1S/C22H27N5O4/c1-2-17(12-28)26-22(30)19-9-15-7-8-16(20(23)24)10-18(15)27(19,31)11-13-3-5-14(6-4-13)21(25)29/h3-8,10,17,19,28H,2,9,11-12H2,1H3,(H3,23,24)(H2,25,29)(H,26,30)/t17-,19?,27?/m1/s1. The van der Waals surface area contributed by atoms with E-state index in [4.69, 9.17) is 16.9 Å². The van der Waals surface area contributed by atoms with E-state index in [1.807, 2.05) is 6.92 Å². The molecule has 1 aliphatic heterocycles. The maximum Gasteiger partial charge on any atom is 0.279 e. The van der Waals surface area contributed by atoms with Gasteiger partial charge in [0.2, 0.25) is 5.91 Å². The number of hydrogen-bond acceptors (Lipinski definition) is 5. The number of fused-ring (bicyclic) bond motifs is 1. The van der Waals surface area contributed by atoms with Crippen LogP contribution >= 0.6 is 0 Å². The Kier molecular flexibility index (Phi) is 6.40. The molecule has 2 aromatic rings. The van der Waals surface area contributed by atoms with Gasteiger partial charge in [0.15, 0.2) is 6.04 Å². The third-order valence-corrected chi connectivity index (χ3v) is 5.74. The second-order valence-electron chi connectivity index (χ2n) is 7.79. The quantitative estimate of drug-likeness (QED) is 0.183. The molecule has 31 heavy (non-hydrogen) atoms. The fraction of sp³-hybridized carbons (Fsp3) is 0.318. The second kappa shape index (κ2) is 8.84. The average molecular weight is 425 g/mol. The van der Waals surface area contributed by atoms with Crippen molar-refractivity contribution in [3.63, 3.8) is 0 Å². The van der Waals surface area contributed by atoms with E-state index in [0.29, 0.717) is 34.4 Å². The molecule has 0 saturated carbocycles. The van der Waals surface area contributed by atoms with Gasteiger partial charge < -0.3 is 31.7 Å². The third kappa shape index (κ3) is 4.43. The largest absolute Gasteiger partial charge is 0.627 e. The highest BCUT2D eigenvalue weighted by Gasteiger charge is 2.45. The van der Waals surface area contributed by atoms with Crippen molar-refractivity contribution >= 4 is 23.3 Å². The zero-order valence-corrected chi connectivity index (χ0v) is 17.3. The Balaban J connectivity index is 2.01. The monoisotopic (exact) mass is 425 g/mol. The molecule has 0 bridgehead atoms. The number of benzene rings is 2. The minimum absolute atomic E-state index is 0.0542. The molecule has 0 aliphatic carbocycles. The predicted molar refractivity (Wildman–Crippen MR) is 118 cm³/mol. The van der Waals surface area contributed by atoms with Crippen molar-refractivity contribution in [2.45, 2.75) is 38.4 Å². The molecule has 2 unspecified atom stereocenters. The number of nitrogens with two attached hydrogens (primary N) is 2. The van der Waals surface area contributed by atoms with Crippen molar-refractivity contribution in [1.82, 2.24) is 9.96 Å². The summed E-state index contributed by atoms with van der Waals surface area (Å²) in [5.74, 6) is -1.17. The molecule has 0 fully saturated rings. The number of carbonyl (C=O) groups excluding carboxylic acids is 2. The van der Waals surface area contributed by atoms with E-state index in [1.54, 1.807) is 42.5 Å². The molecule has 7 N–H and O–H groups in total. The van der Waals surface area contributed by atoms with Gasteiger partial charge in [-0.3, -0.25) is 15.0 Å². The highest BCUT2D eigenvalue weighted by molar-refractivity contribution is 5.97. The number of nitrogen functional groups attached to an aromatic ring is 1. The lowest BCUT2D eigenvalue weighted by Gasteiger charge is -2.43. The molecule has 9 heteroatoms. The van der Waals surface area contributed by atoms with Gasteiger partial charge in [0.25, 0.3) is 5.91 Å². The normalized spacial score (nSPS) is 20.7.